The van der Waals surface area contributed by atoms with E-state index in [2.05, 4.69) is 17.6 Å². The summed E-state index contributed by atoms with van der Waals surface area (Å²) in [5, 5.41) is 6.30. The lowest BCUT2D eigenvalue weighted by Gasteiger charge is -2.35. The molecule has 3 nitrogen and oxygen atoms in total. The highest BCUT2D eigenvalue weighted by atomic mass is 16.2. The van der Waals surface area contributed by atoms with Crippen LogP contribution in [0.2, 0.25) is 0 Å². The molecule has 1 atom stereocenters. The lowest BCUT2D eigenvalue weighted by molar-refractivity contribution is -0.118. The molecule has 18 heavy (non-hydrogen) atoms. The Kier molecular flexibility index (Phi) is 4.02. The van der Waals surface area contributed by atoms with Gasteiger partial charge in [0.2, 0.25) is 5.91 Å². The molecule has 1 amide bonds. The highest BCUT2D eigenvalue weighted by Crippen LogP contribution is 2.26. The monoisotopic (exact) mass is 246 g/mol. The Morgan fingerprint density at radius 1 is 1.28 bits per heavy atom. The van der Waals surface area contributed by atoms with E-state index in [1.165, 1.54) is 18.4 Å². The van der Waals surface area contributed by atoms with E-state index in [0.29, 0.717) is 6.04 Å². The molecule has 0 spiro atoms. The van der Waals surface area contributed by atoms with Gasteiger partial charge in [-0.15, -0.1) is 0 Å². The third kappa shape index (κ3) is 3.33. The van der Waals surface area contributed by atoms with Gasteiger partial charge in [-0.2, -0.15) is 0 Å². The molecule has 3 heteroatoms. The minimum Gasteiger partial charge on any atom is -0.325 e. The van der Waals surface area contributed by atoms with Crippen LogP contribution in [0.25, 0.3) is 0 Å². The Morgan fingerprint density at radius 3 is 2.44 bits per heavy atom. The topological polar surface area (TPSA) is 41.1 Å². The average molecular weight is 246 g/mol. The van der Waals surface area contributed by atoms with Crippen molar-refractivity contribution >= 4 is 11.6 Å². The molecular weight excluding hydrogens is 224 g/mol. The predicted molar refractivity (Wildman–Crippen MR) is 74.6 cm³/mol. The second-order valence-corrected chi connectivity index (χ2v) is 5.52. The Bertz CT molecular complexity index is 407. The van der Waals surface area contributed by atoms with Crippen LogP contribution in [-0.2, 0) is 4.79 Å². The van der Waals surface area contributed by atoms with Crippen LogP contribution < -0.4 is 10.6 Å². The summed E-state index contributed by atoms with van der Waals surface area (Å²) in [6.07, 6.45) is 2.37. The molecule has 1 unspecified atom stereocenters. The predicted octanol–water partition coefficient (Wildman–Crippen LogP) is 2.71. The summed E-state index contributed by atoms with van der Waals surface area (Å²) in [5.74, 6) is 0.841. The third-order valence-electron chi connectivity index (χ3n) is 3.57. The molecule has 0 heterocycles. The molecule has 0 saturated heterocycles. The highest BCUT2D eigenvalue weighted by Gasteiger charge is 2.27. The number of carbonyl (C=O) groups is 1. The number of amides is 1. The molecule has 1 aliphatic carbocycles. The molecule has 1 aliphatic rings. The zero-order valence-corrected chi connectivity index (χ0v) is 11.4. The molecule has 2 N–H and O–H groups in total. The maximum Gasteiger partial charge on any atom is 0.241 e. The van der Waals surface area contributed by atoms with Gasteiger partial charge in [-0.25, -0.2) is 0 Å². The summed E-state index contributed by atoms with van der Waals surface area (Å²) in [6, 6.07) is 8.25. The first-order chi connectivity index (χ1) is 8.54. The fourth-order valence-corrected chi connectivity index (χ4v) is 2.36. The third-order valence-corrected chi connectivity index (χ3v) is 3.57. The number of rotatable bonds is 4. The van der Waals surface area contributed by atoms with Crippen LogP contribution in [0.15, 0.2) is 24.3 Å². The van der Waals surface area contributed by atoms with E-state index in [9.17, 15) is 4.79 Å². The molecular formula is C15H22N2O. The number of anilines is 1. The van der Waals surface area contributed by atoms with Gasteiger partial charge in [0, 0.05) is 11.7 Å². The van der Waals surface area contributed by atoms with Gasteiger partial charge in [-0.1, -0.05) is 24.6 Å². The maximum atomic E-state index is 12.0. The summed E-state index contributed by atoms with van der Waals surface area (Å²) < 4.78 is 0. The van der Waals surface area contributed by atoms with Gasteiger partial charge in [-0.05, 0) is 44.7 Å². The Labute approximate surface area is 109 Å². The van der Waals surface area contributed by atoms with Crippen molar-refractivity contribution in [2.75, 3.05) is 5.32 Å². The number of nitrogens with one attached hydrogen (secondary N) is 2. The van der Waals surface area contributed by atoms with Crippen LogP contribution in [0.3, 0.4) is 0 Å². The second-order valence-electron chi connectivity index (χ2n) is 5.52. The first-order valence-corrected chi connectivity index (χ1v) is 6.68. The summed E-state index contributed by atoms with van der Waals surface area (Å²) in [4.78, 5) is 12.0. The summed E-state index contributed by atoms with van der Waals surface area (Å²) in [7, 11) is 0. The zero-order valence-electron chi connectivity index (χ0n) is 11.4. The van der Waals surface area contributed by atoms with Gasteiger partial charge in [0.05, 0.1) is 6.04 Å². The van der Waals surface area contributed by atoms with Crippen LogP contribution in [0, 0.1) is 12.8 Å². The van der Waals surface area contributed by atoms with Crippen LogP contribution >= 0.6 is 0 Å². The first kappa shape index (κ1) is 13.1. The van der Waals surface area contributed by atoms with Gasteiger partial charge in [0.15, 0.2) is 0 Å². The number of benzene rings is 1. The van der Waals surface area contributed by atoms with Crippen molar-refractivity contribution in [3.8, 4) is 0 Å². The Hall–Kier alpha value is -1.35. The van der Waals surface area contributed by atoms with Crippen LogP contribution in [-0.4, -0.2) is 18.0 Å². The highest BCUT2D eigenvalue weighted by molar-refractivity contribution is 5.94. The normalized spacial score (nSPS) is 24.2. The van der Waals surface area contributed by atoms with Crippen molar-refractivity contribution < 1.29 is 4.79 Å². The molecule has 1 fully saturated rings. The van der Waals surface area contributed by atoms with Crippen LogP contribution in [0.4, 0.5) is 5.69 Å². The van der Waals surface area contributed by atoms with Crippen molar-refractivity contribution in [3.63, 3.8) is 0 Å². The summed E-state index contributed by atoms with van der Waals surface area (Å²) in [6.45, 7) is 6.20. The number of hydrogen-bond acceptors (Lipinski definition) is 2. The molecule has 1 saturated carbocycles. The van der Waals surface area contributed by atoms with Gasteiger partial charge >= 0.3 is 0 Å². The van der Waals surface area contributed by atoms with Gasteiger partial charge in [0.25, 0.3) is 0 Å². The number of aryl methyl sites for hydroxylation is 1. The van der Waals surface area contributed by atoms with Crippen molar-refractivity contribution in [2.24, 2.45) is 5.92 Å². The summed E-state index contributed by atoms with van der Waals surface area (Å²) >= 11 is 0. The molecule has 0 aliphatic heterocycles. The lowest BCUT2D eigenvalue weighted by Crippen LogP contribution is -2.49. The van der Waals surface area contributed by atoms with Gasteiger partial charge < -0.3 is 10.6 Å². The molecule has 2 rings (SSSR count). The van der Waals surface area contributed by atoms with Crippen LogP contribution in [0.1, 0.15) is 32.3 Å². The minimum absolute atomic E-state index is 0.0402. The van der Waals surface area contributed by atoms with E-state index >= 15 is 0 Å². The quantitative estimate of drug-likeness (QED) is 0.857. The molecule has 98 valence electrons. The average Bonchev–Trinajstić information content (AvgIpc) is 2.30. The van der Waals surface area contributed by atoms with E-state index in [-0.39, 0.29) is 11.9 Å². The fraction of sp³-hybridized carbons (Fsp3) is 0.533. The SMILES string of the molecule is Cc1ccc(NC(=O)C(C)NC2CC(C)C2)cc1. The maximum absolute atomic E-state index is 12.0. The van der Waals surface area contributed by atoms with E-state index in [1.807, 2.05) is 38.1 Å². The number of carbonyl (C=O) groups excluding carboxylic acids is 1. The van der Waals surface area contributed by atoms with E-state index in [4.69, 9.17) is 0 Å². The lowest BCUT2D eigenvalue weighted by atomic mass is 9.81. The van der Waals surface area contributed by atoms with Crippen molar-refractivity contribution in [1.29, 1.82) is 0 Å². The van der Waals surface area contributed by atoms with Crippen molar-refractivity contribution in [2.45, 2.75) is 45.7 Å². The molecule has 0 radical (unpaired) electrons. The summed E-state index contributed by atoms with van der Waals surface area (Å²) in [5.41, 5.74) is 2.06. The largest absolute Gasteiger partial charge is 0.325 e. The zero-order chi connectivity index (χ0) is 13.1. The Balaban J connectivity index is 1.81. The van der Waals surface area contributed by atoms with Gasteiger partial charge in [-0.3, -0.25) is 4.79 Å². The van der Waals surface area contributed by atoms with Gasteiger partial charge in [0.1, 0.15) is 0 Å². The smallest absolute Gasteiger partial charge is 0.241 e. The minimum atomic E-state index is -0.135. The first-order valence-electron chi connectivity index (χ1n) is 6.68. The second kappa shape index (κ2) is 5.53. The molecule has 1 aromatic carbocycles. The molecule has 0 bridgehead atoms. The van der Waals surface area contributed by atoms with E-state index in [0.717, 1.165) is 11.6 Å². The molecule has 0 aromatic heterocycles. The Morgan fingerprint density at radius 2 is 1.89 bits per heavy atom. The fourth-order valence-electron chi connectivity index (χ4n) is 2.36. The van der Waals surface area contributed by atoms with Crippen molar-refractivity contribution in [3.05, 3.63) is 29.8 Å². The van der Waals surface area contributed by atoms with Crippen LogP contribution in [0.5, 0.6) is 0 Å². The standard InChI is InChI=1S/C15H22N2O/c1-10-4-6-13(7-5-10)17-15(18)12(3)16-14-8-11(2)9-14/h4-7,11-12,14,16H,8-9H2,1-3H3,(H,17,18). The number of hydrogen-bond donors (Lipinski definition) is 2. The molecule has 1 aromatic rings. The van der Waals surface area contributed by atoms with Crippen molar-refractivity contribution in [1.82, 2.24) is 5.32 Å². The van der Waals surface area contributed by atoms with E-state index in [1.54, 1.807) is 0 Å². The van der Waals surface area contributed by atoms with E-state index < -0.39 is 0 Å².